The van der Waals surface area contributed by atoms with Gasteiger partial charge in [0.1, 0.15) is 29.3 Å². The molecule has 3 amide bonds. The van der Waals surface area contributed by atoms with Crippen molar-refractivity contribution in [1.29, 1.82) is 0 Å². The smallest absolute Gasteiger partial charge is 0.255 e. The van der Waals surface area contributed by atoms with E-state index in [9.17, 15) is 19.5 Å². The van der Waals surface area contributed by atoms with E-state index in [1.807, 2.05) is 39.8 Å². The van der Waals surface area contributed by atoms with Crippen LogP contribution in [0.15, 0.2) is 53.9 Å². The Morgan fingerprint density at radius 1 is 1.12 bits per heavy atom. The summed E-state index contributed by atoms with van der Waals surface area (Å²) in [5, 5.41) is 23.0. The van der Waals surface area contributed by atoms with Crippen LogP contribution >= 0.6 is 0 Å². The molecule has 3 heterocycles. The van der Waals surface area contributed by atoms with Crippen LogP contribution in [0.1, 0.15) is 104 Å². The Kier molecular flexibility index (Phi) is 18.0. The lowest BCUT2D eigenvalue weighted by atomic mass is 9.79. The molecule has 0 bridgehead atoms. The van der Waals surface area contributed by atoms with Crippen LogP contribution in [0.5, 0.6) is 5.75 Å². The Balaban J connectivity index is 0.000000643. The Labute approximate surface area is 306 Å². The molecule has 4 rings (SSSR count). The summed E-state index contributed by atoms with van der Waals surface area (Å²) in [5.74, 6) is 1.55. The van der Waals surface area contributed by atoms with E-state index in [4.69, 9.17) is 10.5 Å². The number of amidine groups is 1. The molecule has 0 spiro atoms. The second-order valence-electron chi connectivity index (χ2n) is 13.6. The topological polar surface area (TPSA) is 172 Å². The second-order valence-corrected chi connectivity index (χ2v) is 13.6. The summed E-state index contributed by atoms with van der Waals surface area (Å²) in [5.41, 5.74) is 8.39. The Bertz CT molecular complexity index is 1450. The molecule has 12 heteroatoms. The molecule has 2 fully saturated rings. The van der Waals surface area contributed by atoms with Crippen molar-refractivity contribution in [2.24, 2.45) is 5.73 Å². The van der Waals surface area contributed by atoms with Gasteiger partial charge in [-0.3, -0.25) is 25.1 Å². The molecule has 12 nitrogen and oxygen atoms in total. The third-order valence-electron chi connectivity index (χ3n) is 9.08. The highest BCUT2D eigenvalue weighted by Gasteiger charge is 2.59. The SMILES string of the molecule is C=C(/C=C\C(=O)NC)C(=O)NC.CC.CCC.CCC(N)=[NH+]C1CNC(=C(C)C)N2CC(NC(=O)c3cccc4c3OCCC4(C)C)C(O)C12C. The molecule has 0 saturated carbocycles. The molecule has 0 radical (unpaired) electrons. The second kappa shape index (κ2) is 20.5. The third-order valence-corrected chi connectivity index (χ3v) is 9.08. The first kappa shape index (κ1) is 44.7. The molecule has 3 aliphatic rings. The minimum Gasteiger partial charge on any atom is -0.492 e. The highest BCUT2D eigenvalue weighted by Crippen LogP contribution is 2.41. The van der Waals surface area contributed by atoms with Gasteiger partial charge in [0, 0.05) is 44.3 Å². The summed E-state index contributed by atoms with van der Waals surface area (Å²) >= 11 is 0. The fourth-order valence-electron chi connectivity index (χ4n) is 6.07. The highest BCUT2D eigenvalue weighted by atomic mass is 16.5. The number of nitrogens with two attached hydrogens (primary N) is 1. The molecule has 0 aliphatic carbocycles. The third kappa shape index (κ3) is 11.1. The highest BCUT2D eigenvalue weighted by molar-refractivity contribution is 5.98. The zero-order valence-corrected chi connectivity index (χ0v) is 33.2. The number of likely N-dealkylation sites (N-methyl/N-ethyl adjacent to an activating group) is 2. The molecule has 1 aromatic rings. The number of rotatable bonds is 7. The predicted octanol–water partition coefficient (Wildman–Crippen LogP) is 2.38. The number of nitrogens with zero attached hydrogens (tertiary/aromatic N) is 1. The first-order chi connectivity index (χ1) is 24.0. The van der Waals surface area contributed by atoms with Gasteiger partial charge in [-0.25, -0.2) is 0 Å². The predicted molar refractivity (Wildman–Crippen MR) is 206 cm³/mol. The first-order valence-corrected chi connectivity index (χ1v) is 18.2. The van der Waals surface area contributed by atoms with Gasteiger partial charge in [-0.2, -0.15) is 0 Å². The van der Waals surface area contributed by atoms with E-state index in [2.05, 4.69) is 79.3 Å². The van der Waals surface area contributed by atoms with Crippen molar-refractivity contribution in [2.75, 3.05) is 33.8 Å². The standard InChI is InChI=1S/C26H39N5O3.C8H12N2O2.C3H8.C2H6/c1-7-20(27)30-19-13-28-23(15(2)3)31-14-18(22(32)26(19,31)6)29-24(33)16-9-8-10-17-21(16)34-12-11-25(17,4)5;1-6(8(12)10-3)4-5-7(11)9-2;1-3-2;1-2/h8-10,18-19,22,28,32H,7,11-14H2,1-6H3,(H2,27,30)(H,29,33);4-5H,1H2,2-3H3,(H,9,11)(H,10,12);3H2,1-2H3;1-2H3/p+1/b;5-4-;;. The molecule has 1 aromatic carbocycles. The van der Waals surface area contributed by atoms with Gasteiger partial charge in [-0.05, 0) is 50.3 Å². The maximum absolute atomic E-state index is 13.5. The van der Waals surface area contributed by atoms with Gasteiger partial charge < -0.3 is 36.0 Å². The van der Waals surface area contributed by atoms with E-state index < -0.39 is 17.7 Å². The van der Waals surface area contributed by atoms with Crippen LogP contribution in [0, 0.1) is 0 Å². The van der Waals surface area contributed by atoms with Gasteiger partial charge in [-0.15, -0.1) is 0 Å². The number of amides is 3. The Morgan fingerprint density at radius 2 is 1.75 bits per heavy atom. The van der Waals surface area contributed by atoms with E-state index in [-0.39, 0.29) is 34.8 Å². The van der Waals surface area contributed by atoms with Crippen molar-refractivity contribution in [3.63, 3.8) is 0 Å². The van der Waals surface area contributed by atoms with Crippen LogP contribution in [0.4, 0.5) is 0 Å². The number of ether oxygens (including phenoxy) is 1. The van der Waals surface area contributed by atoms with Gasteiger partial charge in [0.2, 0.25) is 17.6 Å². The maximum Gasteiger partial charge on any atom is 0.255 e. The number of aliphatic hydroxyl groups is 1. The number of carbonyl (C=O) groups is 3. The lowest BCUT2D eigenvalue weighted by Gasteiger charge is -2.47. The summed E-state index contributed by atoms with van der Waals surface area (Å²) in [4.78, 5) is 40.5. The summed E-state index contributed by atoms with van der Waals surface area (Å²) in [6.07, 6.45) is 4.67. The van der Waals surface area contributed by atoms with Gasteiger partial charge >= 0.3 is 0 Å². The van der Waals surface area contributed by atoms with Gasteiger partial charge in [-0.1, -0.05) is 73.6 Å². The molecule has 2 saturated heterocycles. The Morgan fingerprint density at radius 3 is 2.29 bits per heavy atom. The van der Waals surface area contributed by atoms with Crippen LogP contribution in [0.2, 0.25) is 0 Å². The van der Waals surface area contributed by atoms with Crippen LogP contribution in [-0.4, -0.2) is 91.1 Å². The van der Waals surface area contributed by atoms with Gasteiger partial charge in [0.05, 0.1) is 24.8 Å². The molecule has 4 atom stereocenters. The largest absolute Gasteiger partial charge is 0.492 e. The number of para-hydroxylation sites is 1. The van der Waals surface area contributed by atoms with Crippen molar-refractivity contribution in [3.05, 3.63) is 65.0 Å². The number of aliphatic hydroxyl groups excluding tert-OH is 1. The molecule has 0 aromatic heterocycles. The zero-order chi connectivity index (χ0) is 39.1. The average molecular weight is 713 g/mol. The van der Waals surface area contributed by atoms with Crippen molar-refractivity contribution < 1.29 is 29.2 Å². The van der Waals surface area contributed by atoms with E-state index in [1.54, 1.807) is 6.07 Å². The molecule has 8 N–H and O–H groups in total. The number of hydrogen-bond acceptors (Lipinski definition) is 7. The van der Waals surface area contributed by atoms with Crippen molar-refractivity contribution in [3.8, 4) is 5.75 Å². The van der Waals surface area contributed by atoms with Crippen molar-refractivity contribution >= 4 is 23.6 Å². The normalized spacial score (nSPS) is 22.8. The number of nitrogens with one attached hydrogen (secondary N) is 5. The monoisotopic (exact) mass is 713 g/mol. The maximum atomic E-state index is 13.5. The lowest BCUT2D eigenvalue weighted by Crippen LogP contribution is -2.92. The molecule has 51 heavy (non-hydrogen) atoms. The number of carbonyl (C=O) groups excluding carboxylic acids is 3. The van der Waals surface area contributed by atoms with E-state index in [0.717, 1.165) is 23.4 Å². The van der Waals surface area contributed by atoms with Crippen LogP contribution < -0.4 is 36.7 Å². The quantitative estimate of drug-likeness (QED) is 0.0978. The molecule has 286 valence electrons. The first-order valence-electron chi connectivity index (χ1n) is 18.2. The van der Waals surface area contributed by atoms with Crippen molar-refractivity contribution in [2.45, 2.75) is 118 Å². The lowest BCUT2D eigenvalue weighted by molar-refractivity contribution is -0.525. The zero-order valence-electron chi connectivity index (χ0n) is 33.2. The van der Waals surface area contributed by atoms with Crippen LogP contribution in [0.25, 0.3) is 0 Å². The number of hydrogen-bond donors (Lipinski definition) is 7. The minimum absolute atomic E-state index is 0.0521. The van der Waals surface area contributed by atoms with Crippen LogP contribution in [0.3, 0.4) is 0 Å². The number of fused-ring (bicyclic) bond motifs is 2. The van der Waals surface area contributed by atoms with Gasteiger partial charge in [0.25, 0.3) is 5.91 Å². The van der Waals surface area contributed by atoms with E-state index in [0.29, 0.717) is 43.3 Å². The summed E-state index contributed by atoms with van der Waals surface area (Å²) in [6.45, 7) is 25.9. The summed E-state index contributed by atoms with van der Waals surface area (Å²) in [6, 6.07) is 5.17. The Hall–Kier alpha value is -4.32. The summed E-state index contributed by atoms with van der Waals surface area (Å²) in [7, 11) is 3.01. The number of benzene rings is 1. The summed E-state index contributed by atoms with van der Waals surface area (Å²) < 4.78 is 5.96. The molecule has 4 unspecified atom stereocenters. The van der Waals surface area contributed by atoms with Crippen LogP contribution in [-0.2, 0) is 15.0 Å². The fourth-order valence-corrected chi connectivity index (χ4v) is 6.07. The van der Waals surface area contributed by atoms with E-state index in [1.165, 1.54) is 32.7 Å². The van der Waals surface area contributed by atoms with E-state index >= 15 is 0 Å². The minimum atomic E-state index is -0.799. The number of allylic oxidation sites excluding steroid dienone is 1. The molecular weight excluding hydrogens is 646 g/mol. The van der Waals surface area contributed by atoms with Gasteiger partial charge in [0.15, 0.2) is 0 Å². The average Bonchev–Trinajstić information content (AvgIpc) is 3.37. The molecular formula is C39H66N7O5+. The molecule has 3 aliphatic heterocycles. The van der Waals surface area contributed by atoms with Crippen molar-refractivity contribution in [1.82, 2.24) is 26.2 Å². The fraction of sp³-hybridized carbons (Fsp3) is 0.590.